The van der Waals surface area contributed by atoms with Gasteiger partial charge in [-0.05, 0) is 13.2 Å². The predicted octanol–water partition coefficient (Wildman–Crippen LogP) is 0.660. The Hall–Kier alpha value is -0.490. The van der Waals surface area contributed by atoms with Crippen LogP contribution < -0.4 is 11.1 Å². The van der Waals surface area contributed by atoms with Gasteiger partial charge in [0.2, 0.25) is 0 Å². The SMILES string of the molecule is CCOC(=O)C1=C(N)NC(SC)S1. The number of nitrogens with one attached hydrogen (secondary N) is 1. The number of hydrogen-bond acceptors (Lipinski definition) is 6. The van der Waals surface area contributed by atoms with E-state index in [9.17, 15) is 4.79 Å². The first-order chi connectivity index (χ1) is 6.19. The third-order valence-corrected chi connectivity index (χ3v) is 3.78. The van der Waals surface area contributed by atoms with Gasteiger partial charge in [-0.15, -0.1) is 11.8 Å². The van der Waals surface area contributed by atoms with E-state index in [4.69, 9.17) is 10.5 Å². The summed E-state index contributed by atoms with van der Waals surface area (Å²) in [5, 5.41) is 2.98. The number of hydrogen-bond donors (Lipinski definition) is 2. The zero-order valence-corrected chi connectivity index (χ0v) is 9.13. The van der Waals surface area contributed by atoms with E-state index in [-0.39, 0.29) is 10.7 Å². The van der Waals surface area contributed by atoms with Crippen LogP contribution in [0.1, 0.15) is 6.92 Å². The van der Waals surface area contributed by atoms with Crippen LogP contribution in [-0.2, 0) is 9.53 Å². The Kier molecular flexibility index (Phi) is 3.80. The van der Waals surface area contributed by atoms with Crippen molar-refractivity contribution in [1.29, 1.82) is 0 Å². The Morgan fingerprint density at radius 1 is 1.85 bits per heavy atom. The average Bonchev–Trinajstić information content (AvgIpc) is 2.47. The fraction of sp³-hybridized carbons (Fsp3) is 0.571. The lowest BCUT2D eigenvalue weighted by Crippen LogP contribution is -2.22. The van der Waals surface area contributed by atoms with Crippen LogP contribution in [0.15, 0.2) is 10.7 Å². The maximum atomic E-state index is 11.3. The number of rotatable bonds is 3. The standard InChI is InChI=1S/C7H12N2O2S2/c1-3-11-6(10)4-5(8)9-7(12-2)13-4/h7,9H,3,8H2,1-2H3. The first-order valence-corrected chi connectivity index (χ1v) is 5.98. The minimum Gasteiger partial charge on any atom is -0.462 e. The molecule has 1 heterocycles. The molecule has 0 spiro atoms. The summed E-state index contributed by atoms with van der Waals surface area (Å²) >= 11 is 3.00. The smallest absolute Gasteiger partial charge is 0.348 e. The highest BCUT2D eigenvalue weighted by atomic mass is 32.2. The molecule has 0 radical (unpaired) electrons. The van der Waals surface area contributed by atoms with Crippen LogP contribution in [0.4, 0.5) is 0 Å². The molecule has 6 heteroatoms. The molecule has 0 saturated carbocycles. The molecule has 0 aromatic carbocycles. The number of carbonyl (C=O) groups excluding carboxylic acids is 1. The zero-order valence-electron chi connectivity index (χ0n) is 7.49. The van der Waals surface area contributed by atoms with E-state index >= 15 is 0 Å². The van der Waals surface area contributed by atoms with Crippen LogP contribution in [0.2, 0.25) is 0 Å². The molecule has 3 N–H and O–H groups in total. The van der Waals surface area contributed by atoms with Gasteiger partial charge in [0.1, 0.15) is 15.4 Å². The lowest BCUT2D eigenvalue weighted by Gasteiger charge is -2.05. The summed E-state index contributed by atoms with van der Waals surface area (Å²) in [7, 11) is 0. The summed E-state index contributed by atoms with van der Waals surface area (Å²) in [4.78, 5) is 11.8. The first kappa shape index (κ1) is 10.6. The molecular formula is C7H12N2O2S2. The maximum absolute atomic E-state index is 11.3. The van der Waals surface area contributed by atoms with Crippen molar-refractivity contribution in [1.82, 2.24) is 5.32 Å². The minimum atomic E-state index is -0.339. The van der Waals surface area contributed by atoms with Gasteiger partial charge in [-0.1, -0.05) is 11.8 Å². The summed E-state index contributed by atoms with van der Waals surface area (Å²) in [6, 6.07) is 0. The number of nitrogens with two attached hydrogens (primary N) is 1. The zero-order chi connectivity index (χ0) is 9.84. The molecule has 4 nitrogen and oxygen atoms in total. The lowest BCUT2D eigenvalue weighted by atomic mass is 10.5. The molecule has 1 atom stereocenters. The van der Waals surface area contributed by atoms with Gasteiger partial charge in [-0.25, -0.2) is 4.79 Å². The van der Waals surface area contributed by atoms with E-state index in [0.717, 1.165) is 0 Å². The van der Waals surface area contributed by atoms with Gasteiger partial charge < -0.3 is 15.8 Å². The molecule has 0 fully saturated rings. The summed E-state index contributed by atoms with van der Waals surface area (Å²) in [5.74, 6) is 0.0804. The van der Waals surface area contributed by atoms with Gasteiger partial charge in [0.15, 0.2) is 0 Å². The Morgan fingerprint density at radius 3 is 3.00 bits per heavy atom. The number of esters is 1. The van der Waals surface area contributed by atoms with E-state index in [1.165, 1.54) is 11.8 Å². The molecule has 0 saturated heterocycles. The van der Waals surface area contributed by atoms with Crippen molar-refractivity contribution in [3.8, 4) is 0 Å². The Morgan fingerprint density at radius 2 is 2.54 bits per heavy atom. The average molecular weight is 220 g/mol. The van der Waals surface area contributed by atoms with Gasteiger partial charge in [0.25, 0.3) is 0 Å². The van der Waals surface area contributed by atoms with E-state index in [1.54, 1.807) is 18.7 Å². The number of carbonyl (C=O) groups is 1. The van der Waals surface area contributed by atoms with Crippen LogP contribution in [0.3, 0.4) is 0 Å². The van der Waals surface area contributed by atoms with E-state index in [2.05, 4.69) is 5.32 Å². The predicted molar refractivity (Wildman–Crippen MR) is 55.9 cm³/mol. The van der Waals surface area contributed by atoms with Crippen LogP contribution in [-0.4, -0.2) is 23.5 Å². The Labute approximate surface area is 85.6 Å². The summed E-state index contributed by atoms with van der Waals surface area (Å²) in [6.45, 7) is 2.15. The molecule has 1 aliphatic rings. The molecule has 0 aliphatic carbocycles. The second-order valence-electron chi connectivity index (χ2n) is 2.29. The normalized spacial score (nSPS) is 21.5. The summed E-state index contributed by atoms with van der Waals surface area (Å²) in [6.07, 6.45) is 1.95. The molecule has 0 aromatic heterocycles. The number of thioether (sulfide) groups is 2. The molecule has 74 valence electrons. The molecule has 0 bridgehead atoms. The van der Waals surface area contributed by atoms with E-state index in [0.29, 0.717) is 17.3 Å². The molecule has 1 unspecified atom stereocenters. The highest BCUT2D eigenvalue weighted by Crippen LogP contribution is 2.34. The summed E-state index contributed by atoms with van der Waals surface area (Å²) in [5.41, 5.74) is 5.61. The van der Waals surface area contributed by atoms with Gasteiger partial charge >= 0.3 is 5.97 Å². The molecule has 1 rings (SSSR count). The Bertz CT molecular complexity index is 243. The van der Waals surface area contributed by atoms with Gasteiger partial charge in [-0.2, -0.15) is 0 Å². The summed E-state index contributed by atoms with van der Waals surface area (Å²) < 4.78 is 4.97. The van der Waals surface area contributed by atoms with E-state index < -0.39 is 0 Å². The van der Waals surface area contributed by atoms with Crippen molar-refractivity contribution in [3.05, 3.63) is 10.7 Å². The quantitative estimate of drug-likeness (QED) is 0.681. The fourth-order valence-electron chi connectivity index (χ4n) is 0.854. The van der Waals surface area contributed by atoms with Crippen molar-refractivity contribution in [3.63, 3.8) is 0 Å². The van der Waals surface area contributed by atoms with Crippen molar-refractivity contribution >= 4 is 29.5 Å². The third kappa shape index (κ3) is 2.47. The lowest BCUT2D eigenvalue weighted by molar-refractivity contribution is -0.137. The molecule has 0 amide bonds. The van der Waals surface area contributed by atoms with Crippen LogP contribution >= 0.6 is 23.5 Å². The van der Waals surface area contributed by atoms with Gasteiger partial charge in [0, 0.05) is 0 Å². The second kappa shape index (κ2) is 4.66. The van der Waals surface area contributed by atoms with Gasteiger partial charge in [-0.3, -0.25) is 0 Å². The minimum absolute atomic E-state index is 0.124. The van der Waals surface area contributed by atoms with E-state index in [1.807, 2.05) is 6.26 Å². The topological polar surface area (TPSA) is 64.3 Å². The van der Waals surface area contributed by atoms with Crippen molar-refractivity contribution in [2.45, 2.75) is 11.6 Å². The molecule has 0 aromatic rings. The largest absolute Gasteiger partial charge is 0.462 e. The fourth-order valence-corrected chi connectivity index (χ4v) is 2.51. The first-order valence-electron chi connectivity index (χ1n) is 3.82. The maximum Gasteiger partial charge on any atom is 0.348 e. The van der Waals surface area contributed by atoms with Gasteiger partial charge in [0.05, 0.1) is 6.61 Å². The van der Waals surface area contributed by atoms with Crippen molar-refractivity contribution in [2.24, 2.45) is 5.73 Å². The highest BCUT2D eigenvalue weighted by Gasteiger charge is 2.27. The third-order valence-electron chi connectivity index (χ3n) is 1.42. The van der Waals surface area contributed by atoms with Crippen molar-refractivity contribution < 1.29 is 9.53 Å². The second-order valence-corrected chi connectivity index (χ2v) is 4.65. The Balaban J connectivity index is 2.59. The molecule has 1 aliphatic heterocycles. The van der Waals surface area contributed by atoms with Crippen LogP contribution in [0.25, 0.3) is 0 Å². The molecular weight excluding hydrogens is 208 g/mol. The highest BCUT2D eigenvalue weighted by molar-refractivity contribution is 8.19. The monoisotopic (exact) mass is 220 g/mol. The van der Waals surface area contributed by atoms with Crippen molar-refractivity contribution in [2.75, 3.05) is 12.9 Å². The van der Waals surface area contributed by atoms with Crippen LogP contribution in [0.5, 0.6) is 0 Å². The van der Waals surface area contributed by atoms with Crippen LogP contribution in [0, 0.1) is 0 Å². The molecule has 13 heavy (non-hydrogen) atoms. The number of ether oxygens (including phenoxy) is 1.